The molecule has 142 valence electrons. The van der Waals surface area contributed by atoms with Gasteiger partial charge in [0, 0.05) is 19.0 Å². The van der Waals surface area contributed by atoms with Crippen molar-refractivity contribution in [3.8, 4) is 17.0 Å². The van der Waals surface area contributed by atoms with Crippen molar-refractivity contribution in [3.05, 3.63) is 65.7 Å². The summed E-state index contributed by atoms with van der Waals surface area (Å²) in [6.07, 6.45) is 0.596. The van der Waals surface area contributed by atoms with Crippen LogP contribution in [0.15, 0.2) is 57.8 Å². The standard InChI is InChI=1S/C20H22N2O4S/c1-14-20(22-15(2)26-14)17-6-10-19(11-7-17)27(23,24)21-13-12-16-4-8-18(25-3)9-5-16/h4-11,21H,12-13H2,1-3H3. The molecule has 1 aromatic heterocycles. The summed E-state index contributed by atoms with van der Waals surface area (Å²) in [5, 5.41) is 0. The second-order valence-electron chi connectivity index (χ2n) is 6.16. The number of aryl methyl sites for hydroxylation is 2. The first-order chi connectivity index (χ1) is 12.9. The molecule has 0 amide bonds. The fourth-order valence-corrected chi connectivity index (χ4v) is 3.83. The first kappa shape index (κ1) is 19.1. The Balaban J connectivity index is 1.64. The maximum atomic E-state index is 12.5. The highest BCUT2D eigenvalue weighted by molar-refractivity contribution is 7.89. The molecule has 6 nitrogen and oxygen atoms in total. The molecule has 0 spiro atoms. The number of nitrogens with zero attached hydrogens (tertiary/aromatic N) is 1. The molecule has 1 N–H and O–H groups in total. The third kappa shape index (κ3) is 4.56. The lowest BCUT2D eigenvalue weighted by Gasteiger charge is -2.08. The average Bonchev–Trinajstić information content (AvgIpc) is 3.00. The number of benzene rings is 2. The Morgan fingerprint density at radius 2 is 1.70 bits per heavy atom. The predicted octanol–water partition coefficient (Wildman–Crippen LogP) is 3.49. The number of sulfonamides is 1. The van der Waals surface area contributed by atoms with Crippen LogP contribution in [0.25, 0.3) is 11.3 Å². The third-order valence-electron chi connectivity index (χ3n) is 4.21. The van der Waals surface area contributed by atoms with Crippen LogP contribution in [0, 0.1) is 13.8 Å². The van der Waals surface area contributed by atoms with E-state index in [9.17, 15) is 8.42 Å². The molecule has 3 aromatic rings. The number of nitrogens with one attached hydrogen (secondary N) is 1. The van der Waals surface area contributed by atoms with Crippen molar-refractivity contribution < 1.29 is 17.6 Å². The summed E-state index contributed by atoms with van der Waals surface area (Å²) in [6.45, 7) is 3.93. The van der Waals surface area contributed by atoms with Crippen LogP contribution >= 0.6 is 0 Å². The lowest BCUT2D eigenvalue weighted by atomic mass is 10.1. The van der Waals surface area contributed by atoms with Crippen molar-refractivity contribution in [2.45, 2.75) is 25.2 Å². The Morgan fingerprint density at radius 1 is 1.04 bits per heavy atom. The average molecular weight is 386 g/mol. The summed E-state index contributed by atoms with van der Waals surface area (Å²) in [7, 11) is -1.96. The van der Waals surface area contributed by atoms with E-state index < -0.39 is 10.0 Å². The number of aromatic nitrogens is 1. The molecule has 0 saturated heterocycles. The van der Waals surface area contributed by atoms with Gasteiger partial charge in [-0.15, -0.1) is 0 Å². The Kier molecular flexibility index (Phi) is 5.62. The molecule has 0 fully saturated rings. The molecule has 0 radical (unpaired) electrons. The quantitative estimate of drug-likeness (QED) is 0.672. The van der Waals surface area contributed by atoms with E-state index in [1.54, 1.807) is 38.3 Å². The molecule has 2 aromatic carbocycles. The van der Waals surface area contributed by atoms with Crippen molar-refractivity contribution in [3.63, 3.8) is 0 Å². The minimum absolute atomic E-state index is 0.221. The van der Waals surface area contributed by atoms with E-state index >= 15 is 0 Å². The summed E-state index contributed by atoms with van der Waals surface area (Å²) in [5.41, 5.74) is 2.58. The van der Waals surface area contributed by atoms with E-state index in [-0.39, 0.29) is 4.90 Å². The second kappa shape index (κ2) is 7.94. The van der Waals surface area contributed by atoms with Gasteiger partial charge in [0.05, 0.1) is 12.0 Å². The zero-order chi connectivity index (χ0) is 19.4. The zero-order valence-electron chi connectivity index (χ0n) is 15.5. The predicted molar refractivity (Wildman–Crippen MR) is 103 cm³/mol. The highest BCUT2D eigenvalue weighted by Crippen LogP contribution is 2.24. The van der Waals surface area contributed by atoms with Gasteiger partial charge in [0.2, 0.25) is 10.0 Å². The van der Waals surface area contributed by atoms with Gasteiger partial charge in [0.15, 0.2) is 5.89 Å². The zero-order valence-corrected chi connectivity index (χ0v) is 16.3. The molecular weight excluding hydrogens is 364 g/mol. The molecule has 0 bridgehead atoms. The maximum Gasteiger partial charge on any atom is 0.240 e. The van der Waals surface area contributed by atoms with Gasteiger partial charge in [0.1, 0.15) is 17.2 Å². The molecule has 0 aliphatic rings. The van der Waals surface area contributed by atoms with Crippen LogP contribution in [0.2, 0.25) is 0 Å². The highest BCUT2D eigenvalue weighted by Gasteiger charge is 2.15. The molecule has 3 rings (SSSR count). The van der Waals surface area contributed by atoms with Crippen LogP contribution in [0.4, 0.5) is 0 Å². The fraction of sp³-hybridized carbons (Fsp3) is 0.250. The molecule has 27 heavy (non-hydrogen) atoms. The van der Waals surface area contributed by atoms with E-state index in [1.165, 1.54) is 0 Å². The topological polar surface area (TPSA) is 81.4 Å². The Bertz CT molecular complexity index is 1010. The molecular formula is C20H22N2O4S. The Hall–Kier alpha value is -2.64. The summed E-state index contributed by atoms with van der Waals surface area (Å²) in [5.74, 6) is 2.07. The van der Waals surface area contributed by atoms with Crippen LogP contribution in [0.3, 0.4) is 0 Å². The van der Waals surface area contributed by atoms with Crippen LogP contribution < -0.4 is 9.46 Å². The molecule has 7 heteroatoms. The number of hydrogen-bond acceptors (Lipinski definition) is 5. The van der Waals surface area contributed by atoms with Crippen LogP contribution in [-0.2, 0) is 16.4 Å². The molecule has 0 aliphatic heterocycles. The Morgan fingerprint density at radius 3 is 2.26 bits per heavy atom. The number of ether oxygens (including phenoxy) is 1. The Labute approximate surface area is 159 Å². The number of oxazole rings is 1. The molecule has 1 heterocycles. The van der Waals surface area contributed by atoms with Gasteiger partial charge in [-0.05, 0) is 43.2 Å². The minimum atomic E-state index is -3.57. The first-order valence-electron chi connectivity index (χ1n) is 8.56. The summed E-state index contributed by atoms with van der Waals surface area (Å²) in [4.78, 5) is 4.55. The third-order valence-corrected chi connectivity index (χ3v) is 5.68. The molecule has 0 aliphatic carbocycles. The number of rotatable bonds is 7. The van der Waals surface area contributed by atoms with Crippen molar-refractivity contribution in [2.24, 2.45) is 0 Å². The minimum Gasteiger partial charge on any atom is -0.497 e. The summed E-state index contributed by atoms with van der Waals surface area (Å²) >= 11 is 0. The van der Waals surface area contributed by atoms with Gasteiger partial charge in [-0.25, -0.2) is 18.1 Å². The molecule has 0 saturated carbocycles. The van der Waals surface area contributed by atoms with Gasteiger partial charge in [-0.1, -0.05) is 24.3 Å². The van der Waals surface area contributed by atoms with Gasteiger partial charge in [-0.3, -0.25) is 0 Å². The van der Waals surface area contributed by atoms with Crippen molar-refractivity contribution in [1.82, 2.24) is 9.71 Å². The van der Waals surface area contributed by atoms with Crippen LogP contribution in [0.5, 0.6) is 5.75 Å². The number of hydrogen-bond donors (Lipinski definition) is 1. The van der Waals surface area contributed by atoms with Crippen LogP contribution in [-0.4, -0.2) is 27.1 Å². The second-order valence-corrected chi connectivity index (χ2v) is 7.92. The highest BCUT2D eigenvalue weighted by atomic mass is 32.2. The van der Waals surface area contributed by atoms with E-state index in [2.05, 4.69) is 9.71 Å². The van der Waals surface area contributed by atoms with Crippen molar-refractivity contribution >= 4 is 10.0 Å². The SMILES string of the molecule is COc1ccc(CCNS(=O)(=O)c2ccc(-c3nc(C)oc3C)cc2)cc1. The lowest BCUT2D eigenvalue weighted by Crippen LogP contribution is -2.25. The van der Waals surface area contributed by atoms with E-state index in [0.717, 1.165) is 22.6 Å². The van der Waals surface area contributed by atoms with Crippen molar-refractivity contribution in [2.75, 3.05) is 13.7 Å². The van der Waals surface area contributed by atoms with Gasteiger partial charge >= 0.3 is 0 Å². The fourth-order valence-electron chi connectivity index (χ4n) is 2.79. The van der Waals surface area contributed by atoms with E-state index in [1.807, 2.05) is 31.2 Å². The van der Waals surface area contributed by atoms with Gasteiger partial charge in [-0.2, -0.15) is 0 Å². The van der Waals surface area contributed by atoms with Gasteiger partial charge < -0.3 is 9.15 Å². The number of methoxy groups -OCH3 is 1. The van der Waals surface area contributed by atoms with Gasteiger partial charge in [0.25, 0.3) is 0 Å². The molecule has 0 unspecified atom stereocenters. The summed E-state index contributed by atoms with van der Waals surface area (Å²) < 4.78 is 38.1. The largest absolute Gasteiger partial charge is 0.497 e. The lowest BCUT2D eigenvalue weighted by molar-refractivity contribution is 0.414. The maximum absolute atomic E-state index is 12.5. The first-order valence-corrected chi connectivity index (χ1v) is 10.0. The monoisotopic (exact) mass is 386 g/mol. The van der Waals surface area contributed by atoms with E-state index in [0.29, 0.717) is 24.6 Å². The smallest absolute Gasteiger partial charge is 0.240 e. The normalized spacial score (nSPS) is 11.5. The van der Waals surface area contributed by atoms with Crippen LogP contribution in [0.1, 0.15) is 17.2 Å². The van der Waals surface area contributed by atoms with E-state index in [4.69, 9.17) is 9.15 Å². The summed E-state index contributed by atoms with van der Waals surface area (Å²) in [6, 6.07) is 14.2. The van der Waals surface area contributed by atoms with Crippen molar-refractivity contribution in [1.29, 1.82) is 0 Å². The molecule has 0 atom stereocenters.